The summed E-state index contributed by atoms with van der Waals surface area (Å²) in [6.45, 7) is 2.41. The first-order chi connectivity index (χ1) is 7.44. The van der Waals surface area contributed by atoms with E-state index in [0.717, 1.165) is 0 Å². The zero-order chi connectivity index (χ0) is 13.1. The summed E-state index contributed by atoms with van der Waals surface area (Å²) in [4.78, 5) is 49.5. The van der Waals surface area contributed by atoms with Gasteiger partial charge in [-0.3, -0.25) is 14.4 Å². The van der Waals surface area contributed by atoms with Crippen LogP contribution in [0.3, 0.4) is 0 Å². The second-order valence-electron chi connectivity index (χ2n) is 2.67. The predicted octanol–water partition coefficient (Wildman–Crippen LogP) is -0.194. The molecule has 0 saturated carbocycles. The normalized spacial score (nSPS) is 9.81. The Labute approximate surface area is 91.9 Å². The molecule has 6 nitrogen and oxygen atoms in total. The second kappa shape index (κ2) is 9.45. The third-order valence-corrected chi connectivity index (χ3v) is 1.44. The zero-order valence-corrected chi connectivity index (χ0v) is 8.88. The first kappa shape index (κ1) is 16.3. The lowest BCUT2D eigenvalue weighted by Gasteiger charge is -1.88. The smallest absolute Gasteiger partial charge is 0.166 e. The Morgan fingerprint density at radius 3 is 1.50 bits per heavy atom. The van der Waals surface area contributed by atoms with Crippen molar-refractivity contribution in [3.63, 3.8) is 0 Å². The molecule has 0 aliphatic carbocycles. The third kappa shape index (κ3) is 7.31. The number of Topliss-reactive ketones (excluding diaryl/α,β-unsaturated/α-hetero) is 2. The van der Waals surface area contributed by atoms with Crippen LogP contribution >= 0.6 is 0 Å². The molecule has 0 heterocycles. The molecule has 88 valence electrons. The maximum Gasteiger partial charge on any atom is 0.166 e. The summed E-state index contributed by atoms with van der Waals surface area (Å²) < 4.78 is 0. The SMILES string of the molecule is CC(=O)/C(C=O)=C\O.CC(=O)C(C=O)C=O. The number of ketones is 2. The van der Waals surface area contributed by atoms with Crippen LogP contribution < -0.4 is 0 Å². The number of aliphatic hydroxyl groups is 1. The molecule has 0 amide bonds. The Balaban J connectivity index is 0. The van der Waals surface area contributed by atoms with Gasteiger partial charge in [-0.15, -0.1) is 0 Å². The maximum absolute atomic E-state index is 10.1. The van der Waals surface area contributed by atoms with Crippen molar-refractivity contribution in [1.29, 1.82) is 0 Å². The highest BCUT2D eigenvalue weighted by atomic mass is 16.2. The molecule has 0 radical (unpaired) electrons. The number of rotatable bonds is 5. The Bertz CT molecular complexity index is 307. The summed E-state index contributed by atoms with van der Waals surface area (Å²) in [5, 5.41) is 8.08. The monoisotopic (exact) mass is 228 g/mol. The minimum absolute atomic E-state index is 0.204. The van der Waals surface area contributed by atoms with Crippen molar-refractivity contribution in [1.82, 2.24) is 0 Å². The van der Waals surface area contributed by atoms with Gasteiger partial charge in [0, 0.05) is 0 Å². The van der Waals surface area contributed by atoms with Crippen LogP contribution in [-0.2, 0) is 24.0 Å². The van der Waals surface area contributed by atoms with Crippen LogP contribution in [-0.4, -0.2) is 35.5 Å². The fourth-order valence-corrected chi connectivity index (χ4v) is 0.428. The molecule has 6 heteroatoms. The van der Waals surface area contributed by atoms with E-state index in [0.29, 0.717) is 25.1 Å². The first-order valence-electron chi connectivity index (χ1n) is 4.16. The summed E-state index contributed by atoms with van der Waals surface area (Å²) in [5.74, 6) is -1.88. The zero-order valence-electron chi connectivity index (χ0n) is 8.88. The van der Waals surface area contributed by atoms with Gasteiger partial charge in [0.15, 0.2) is 12.1 Å². The molecule has 0 aliphatic heterocycles. The highest BCUT2D eigenvalue weighted by Crippen LogP contribution is 1.86. The van der Waals surface area contributed by atoms with Crippen molar-refractivity contribution in [3.05, 3.63) is 11.8 Å². The van der Waals surface area contributed by atoms with Gasteiger partial charge in [-0.2, -0.15) is 0 Å². The van der Waals surface area contributed by atoms with E-state index in [1.165, 1.54) is 13.8 Å². The quantitative estimate of drug-likeness (QED) is 0.230. The molecule has 0 rings (SSSR count). The van der Waals surface area contributed by atoms with Crippen LogP contribution in [0.4, 0.5) is 0 Å². The van der Waals surface area contributed by atoms with E-state index in [1.807, 2.05) is 0 Å². The predicted molar refractivity (Wildman–Crippen MR) is 53.8 cm³/mol. The Morgan fingerprint density at radius 2 is 1.50 bits per heavy atom. The fourth-order valence-electron chi connectivity index (χ4n) is 0.428. The lowest BCUT2D eigenvalue weighted by Crippen LogP contribution is -2.12. The van der Waals surface area contributed by atoms with Gasteiger partial charge in [-0.05, 0) is 13.8 Å². The number of carbonyl (C=O) groups excluding carboxylic acids is 5. The average Bonchev–Trinajstić information content (AvgIpc) is 2.21. The molecule has 0 atom stereocenters. The van der Waals surface area contributed by atoms with E-state index >= 15 is 0 Å². The standard InChI is InChI=1S/2C5H6O3/c2*1-4(8)5(2-6)3-7/h2-3,6H,1H3;2-3,5H,1H3/b5-2-;. The van der Waals surface area contributed by atoms with Crippen LogP contribution in [0.2, 0.25) is 0 Å². The van der Waals surface area contributed by atoms with E-state index in [9.17, 15) is 24.0 Å². The van der Waals surface area contributed by atoms with Crippen molar-refractivity contribution in [2.75, 3.05) is 0 Å². The van der Waals surface area contributed by atoms with Crippen LogP contribution in [0.5, 0.6) is 0 Å². The topological polar surface area (TPSA) is 106 Å². The molecule has 0 unspecified atom stereocenters. The van der Waals surface area contributed by atoms with Crippen LogP contribution in [0.15, 0.2) is 11.8 Å². The number of carbonyl (C=O) groups is 5. The van der Waals surface area contributed by atoms with Crippen molar-refractivity contribution in [3.8, 4) is 0 Å². The highest BCUT2D eigenvalue weighted by Gasteiger charge is 2.09. The summed E-state index contributed by atoms with van der Waals surface area (Å²) in [7, 11) is 0. The molecule has 16 heavy (non-hydrogen) atoms. The molecule has 0 spiro atoms. The van der Waals surface area contributed by atoms with Crippen LogP contribution in [0.25, 0.3) is 0 Å². The van der Waals surface area contributed by atoms with Gasteiger partial charge in [0.2, 0.25) is 0 Å². The maximum atomic E-state index is 10.1. The van der Waals surface area contributed by atoms with E-state index in [4.69, 9.17) is 5.11 Å². The van der Waals surface area contributed by atoms with Gasteiger partial charge in [-0.1, -0.05) is 0 Å². The molecule has 0 fully saturated rings. The summed E-state index contributed by atoms with van der Waals surface area (Å²) in [6, 6.07) is 0. The third-order valence-electron chi connectivity index (χ3n) is 1.44. The van der Waals surface area contributed by atoms with Crippen molar-refractivity contribution in [2.24, 2.45) is 5.92 Å². The second-order valence-corrected chi connectivity index (χ2v) is 2.67. The van der Waals surface area contributed by atoms with Crippen molar-refractivity contribution in [2.45, 2.75) is 13.8 Å². The minimum atomic E-state index is -1.05. The van der Waals surface area contributed by atoms with E-state index < -0.39 is 17.5 Å². The minimum Gasteiger partial charge on any atom is -0.515 e. The molecular weight excluding hydrogens is 216 g/mol. The lowest BCUT2D eigenvalue weighted by atomic mass is 10.1. The Kier molecular flexibility index (Phi) is 9.64. The molecule has 1 N–H and O–H groups in total. The first-order valence-corrected chi connectivity index (χ1v) is 4.16. The van der Waals surface area contributed by atoms with E-state index in [-0.39, 0.29) is 5.57 Å². The summed E-state index contributed by atoms with van der Waals surface area (Å²) in [5.41, 5.74) is -0.204. The molecule has 0 aromatic heterocycles. The van der Waals surface area contributed by atoms with Gasteiger partial charge < -0.3 is 14.7 Å². The summed E-state index contributed by atoms with van der Waals surface area (Å²) >= 11 is 0. The van der Waals surface area contributed by atoms with Crippen molar-refractivity contribution < 1.29 is 29.1 Å². The Morgan fingerprint density at radius 1 is 1.06 bits per heavy atom. The van der Waals surface area contributed by atoms with Gasteiger partial charge in [-0.25, -0.2) is 0 Å². The Hall–Kier alpha value is -2.11. The fraction of sp³-hybridized carbons (Fsp3) is 0.300. The number of aldehydes is 3. The summed E-state index contributed by atoms with van der Waals surface area (Å²) in [6.07, 6.45) is 1.46. The number of hydrogen-bond acceptors (Lipinski definition) is 6. The van der Waals surface area contributed by atoms with E-state index in [1.54, 1.807) is 0 Å². The molecule has 0 saturated heterocycles. The molecular formula is C10H12O6. The van der Waals surface area contributed by atoms with Crippen LogP contribution in [0.1, 0.15) is 13.8 Å². The number of aliphatic hydroxyl groups excluding tert-OH is 1. The van der Waals surface area contributed by atoms with Gasteiger partial charge in [0.1, 0.15) is 24.3 Å². The van der Waals surface area contributed by atoms with Gasteiger partial charge in [0.05, 0.1) is 11.8 Å². The average molecular weight is 228 g/mol. The largest absolute Gasteiger partial charge is 0.515 e. The lowest BCUT2D eigenvalue weighted by molar-refractivity contribution is -0.130. The van der Waals surface area contributed by atoms with E-state index in [2.05, 4.69) is 0 Å². The van der Waals surface area contributed by atoms with Gasteiger partial charge >= 0.3 is 0 Å². The number of allylic oxidation sites excluding steroid dienone is 1. The van der Waals surface area contributed by atoms with Crippen LogP contribution in [0, 0.1) is 5.92 Å². The molecule has 0 aromatic carbocycles. The molecule has 0 aromatic rings. The molecule has 0 aliphatic rings. The highest BCUT2D eigenvalue weighted by molar-refractivity contribution is 6.10. The van der Waals surface area contributed by atoms with Crippen molar-refractivity contribution >= 4 is 30.4 Å². The van der Waals surface area contributed by atoms with Gasteiger partial charge in [0.25, 0.3) is 0 Å². The number of hydrogen-bond donors (Lipinski definition) is 1. The molecule has 0 bridgehead atoms.